The fourth-order valence-electron chi connectivity index (χ4n) is 3.52. The molecule has 27 heavy (non-hydrogen) atoms. The molecule has 0 unspecified atom stereocenters. The van der Waals surface area contributed by atoms with Crippen LogP contribution in [0.15, 0.2) is 35.6 Å². The number of benzene rings is 1. The van der Waals surface area contributed by atoms with Gasteiger partial charge >= 0.3 is 0 Å². The Hall–Kier alpha value is -1.73. The van der Waals surface area contributed by atoms with Gasteiger partial charge in [0.1, 0.15) is 5.82 Å². The zero-order valence-electron chi connectivity index (χ0n) is 16.2. The number of sulfone groups is 1. The van der Waals surface area contributed by atoms with E-state index in [9.17, 15) is 12.8 Å². The highest BCUT2D eigenvalue weighted by molar-refractivity contribution is 7.91. The lowest BCUT2D eigenvalue weighted by Crippen LogP contribution is -2.37. The zero-order valence-corrected chi connectivity index (χ0v) is 17.0. The first-order valence-corrected chi connectivity index (χ1v) is 11.1. The maximum Gasteiger partial charge on any atom is 0.228 e. The molecule has 0 aliphatic carbocycles. The van der Waals surface area contributed by atoms with Crippen LogP contribution in [-0.4, -0.2) is 40.7 Å². The van der Waals surface area contributed by atoms with E-state index in [-0.39, 0.29) is 17.5 Å². The fraction of sp³-hybridized carbons (Fsp3) is 0.550. The number of imidazole rings is 1. The Morgan fingerprint density at radius 3 is 2.63 bits per heavy atom. The van der Waals surface area contributed by atoms with E-state index >= 15 is 0 Å². The van der Waals surface area contributed by atoms with Gasteiger partial charge in [-0.2, -0.15) is 0 Å². The van der Waals surface area contributed by atoms with Crippen molar-refractivity contribution in [3.05, 3.63) is 47.5 Å². The molecule has 1 aromatic heterocycles. The third-order valence-electron chi connectivity index (χ3n) is 5.37. The van der Waals surface area contributed by atoms with Crippen LogP contribution in [0.4, 0.5) is 4.39 Å². The average molecular weight is 394 g/mol. The molecule has 1 aromatic carbocycles. The molecule has 0 amide bonds. The summed E-state index contributed by atoms with van der Waals surface area (Å²) < 4.78 is 41.5. The number of hydrogen-bond acceptors (Lipinski definition) is 4. The summed E-state index contributed by atoms with van der Waals surface area (Å²) in [6.07, 6.45) is 5.14. The molecule has 0 saturated carbocycles. The number of piperidine rings is 1. The summed E-state index contributed by atoms with van der Waals surface area (Å²) in [6.45, 7) is 7.25. The zero-order chi connectivity index (χ0) is 19.6. The van der Waals surface area contributed by atoms with Crippen molar-refractivity contribution in [3.63, 3.8) is 0 Å². The molecule has 1 atom stereocenters. The molecule has 1 aliphatic rings. The highest BCUT2D eigenvalue weighted by Gasteiger charge is 2.28. The summed E-state index contributed by atoms with van der Waals surface area (Å²) in [5.74, 6) is -0.337. The van der Waals surface area contributed by atoms with Crippen molar-refractivity contribution < 1.29 is 12.8 Å². The van der Waals surface area contributed by atoms with E-state index in [1.807, 2.05) is 0 Å². The van der Waals surface area contributed by atoms with Gasteiger partial charge in [-0.05, 0) is 46.2 Å². The predicted molar refractivity (Wildman–Crippen MR) is 104 cm³/mol. The lowest BCUT2D eigenvalue weighted by atomic mass is 10.0. The Balaban J connectivity index is 2.00. The van der Waals surface area contributed by atoms with Crippen molar-refractivity contribution in [3.8, 4) is 0 Å². The predicted octanol–water partition coefficient (Wildman–Crippen LogP) is 3.63. The van der Waals surface area contributed by atoms with Crippen LogP contribution in [0.3, 0.4) is 0 Å². The molecule has 1 aliphatic heterocycles. The van der Waals surface area contributed by atoms with Crippen molar-refractivity contribution in [2.45, 2.75) is 69.6 Å². The molecule has 0 spiro atoms. The van der Waals surface area contributed by atoms with E-state index in [0.29, 0.717) is 18.2 Å². The van der Waals surface area contributed by atoms with Crippen molar-refractivity contribution in [1.82, 2.24) is 14.5 Å². The van der Waals surface area contributed by atoms with Gasteiger partial charge in [-0.15, -0.1) is 0 Å². The van der Waals surface area contributed by atoms with E-state index in [0.717, 1.165) is 25.1 Å². The van der Waals surface area contributed by atoms with E-state index in [1.165, 1.54) is 12.5 Å². The van der Waals surface area contributed by atoms with Gasteiger partial charge in [-0.25, -0.2) is 17.8 Å². The van der Waals surface area contributed by atoms with Gasteiger partial charge in [0.05, 0.1) is 23.7 Å². The SMILES string of the molecule is CC(C)S(=O)(=O)c1ncc(CN2CCCC[C@H]2C)n1Cc1ccccc1F. The minimum absolute atomic E-state index is 0.0282. The normalized spacial score (nSPS) is 18.9. The number of nitrogens with zero attached hydrogens (tertiary/aromatic N) is 3. The van der Waals surface area contributed by atoms with Crippen molar-refractivity contribution in [2.24, 2.45) is 0 Å². The van der Waals surface area contributed by atoms with Crippen LogP contribution in [0.1, 0.15) is 51.3 Å². The van der Waals surface area contributed by atoms with Gasteiger partial charge < -0.3 is 4.57 Å². The van der Waals surface area contributed by atoms with E-state index < -0.39 is 15.1 Å². The second kappa shape index (κ2) is 8.10. The van der Waals surface area contributed by atoms with Crippen molar-refractivity contribution in [1.29, 1.82) is 0 Å². The monoisotopic (exact) mass is 393 g/mol. The molecular weight excluding hydrogens is 365 g/mol. The maximum atomic E-state index is 14.2. The third kappa shape index (κ3) is 4.24. The second-order valence-corrected chi connectivity index (χ2v) is 10.0. The van der Waals surface area contributed by atoms with Crippen molar-refractivity contribution in [2.75, 3.05) is 6.54 Å². The molecule has 0 N–H and O–H groups in total. The van der Waals surface area contributed by atoms with Crippen LogP contribution >= 0.6 is 0 Å². The smallest absolute Gasteiger partial charge is 0.228 e. The van der Waals surface area contributed by atoms with Crippen LogP contribution in [-0.2, 0) is 22.9 Å². The third-order valence-corrected chi connectivity index (χ3v) is 7.44. The molecule has 5 nitrogen and oxygen atoms in total. The van der Waals surface area contributed by atoms with E-state index in [1.54, 1.807) is 42.8 Å². The summed E-state index contributed by atoms with van der Waals surface area (Å²) in [4.78, 5) is 6.60. The summed E-state index contributed by atoms with van der Waals surface area (Å²) in [5.41, 5.74) is 1.27. The Morgan fingerprint density at radius 1 is 1.22 bits per heavy atom. The number of aromatic nitrogens is 2. The minimum Gasteiger partial charge on any atom is -0.313 e. The Bertz CT molecular complexity index is 892. The highest BCUT2D eigenvalue weighted by Crippen LogP contribution is 2.24. The van der Waals surface area contributed by atoms with Gasteiger partial charge in [-0.1, -0.05) is 24.6 Å². The van der Waals surface area contributed by atoms with Gasteiger partial charge in [-0.3, -0.25) is 4.90 Å². The maximum absolute atomic E-state index is 14.2. The first kappa shape index (κ1) is 20.0. The molecule has 148 valence electrons. The summed E-state index contributed by atoms with van der Waals surface area (Å²) in [7, 11) is -3.56. The number of likely N-dealkylation sites (tertiary alicyclic amines) is 1. The molecule has 2 heterocycles. The van der Waals surface area contributed by atoms with E-state index in [2.05, 4.69) is 16.8 Å². The van der Waals surface area contributed by atoms with E-state index in [4.69, 9.17) is 0 Å². The molecule has 1 fully saturated rings. The Kier molecular flexibility index (Phi) is 6.01. The molecule has 1 saturated heterocycles. The standard InChI is InChI=1S/C20H28FN3O2S/c1-15(2)27(25,26)20-22-12-18(14-23-11-7-6-8-16(23)3)24(20)13-17-9-4-5-10-19(17)21/h4-5,9-10,12,15-16H,6-8,11,13-14H2,1-3H3/t16-/m1/s1. The number of hydrogen-bond donors (Lipinski definition) is 0. The number of rotatable bonds is 6. The lowest BCUT2D eigenvalue weighted by molar-refractivity contribution is 0.149. The molecule has 7 heteroatoms. The molecule has 0 bridgehead atoms. The molecule has 0 radical (unpaired) electrons. The van der Waals surface area contributed by atoms with Gasteiger partial charge in [0.2, 0.25) is 15.0 Å². The quantitative estimate of drug-likeness (QED) is 0.752. The topological polar surface area (TPSA) is 55.2 Å². The summed E-state index contributed by atoms with van der Waals surface area (Å²) in [5, 5.41) is -0.554. The minimum atomic E-state index is -3.56. The Morgan fingerprint density at radius 2 is 1.96 bits per heavy atom. The van der Waals surface area contributed by atoms with Crippen LogP contribution in [0.25, 0.3) is 0 Å². The number of halogens is 1. The van der Waals surface area contributed by atoms with Crippen LogP contribution in [0.2, 0.25) is 0 Å². The lowest BCUT2D eigenvalue weighted by Gasteiger charge is -2.33. The molecular formula is C20H28FN3O2S. The summed E-state index contributed by atoms with van der Waals surface area (Å²) >= 11 is 0. The van der Waals surface area contributed by atoms with Crippen molar-refractivity contribution >= 4 is 9.84 Å². The first-order valence-electron chi connectivity index (χ1n) is 9.56. The average Bonchev–Trinajstić information content (AvgIpc) is 3.02. The Labute approximate surface area is 161 Å². The van der Waals surface area contributed by atoms with Gasteiger partial charge in [0.25, 0.3) is 0 Å². The first-order chi connectivity index (χ1) is 12.8. The second-order valence-electron chi connectivity index (χ2n) is 7.62. The largest absolute Gasteiger partial charge is 0.313 e. The van der Waals surface area contributed by atoms with Crippen LogP contribution < -0.4 is 0 Å². The van der Waals surface area contributed by atoms with Crippen LogP contribution in [0.5, 0.6) is 0 Å². The highest BCUT2D eigenvalue weighted by atomic mass is 32.2. The van der Waals surface area contributed by atoms with Gasteiger partial charge in [0, 0.05) is 18.2 Å². The summed E-state index contributed by atoms with van der Waals surface area (Å²) in [6, 6.07) is 6.93. The van der Waals surface area contributed by atoms with Crippen LogP contribution in [0, 0.1) is 5.82 Å². The van der Waals surface area contributed by atoms with Gasteiger partial charge in [0.15, 0.2) is 0 Å². The molecule has 3 rings (SSSR count). The molecule has 2 aromatic rings. The fourth-order valence-corrected chi connectivity index (χ4v) is 4.63.